The van der Waals surface area contributed by atoms with Gasteiger partial charge in [0.15, 0.2) is 6.04 Å². The number of carboxylic acids is 1. The van der Waals surface area contributed by atoms with Gasteiger partial charge in [-0.2, -0.15) is 5.10 Å². The first-order chi connectivity index (χ1) is 9.00. The Bertz CT molecular complexity index is 590. The Morgan fingerprint density at radius 1 is 1.42 bits per heavy atom. The lowest BCUT2D eigenvalue weighted by Crippen LogP contribution is -2.22. The first-order valence-electron chi connectivity index (χ1n) is 5.76. The van der Waals surface area contributed by atoms with Crippen molar-refractivity contribution in [3.63, 3.8) is 0 Å². The number of aliphatic carboxylic acids is 1. The van der Waals surface area contributed by atoms with Crippen LogP contribution in [0.5, 0.6) is 0 Å². The number of aromatic amines is 1. The number of para-hydroxylation sites is 1. The molecule has 0 fully saturated rings. The molecule has 2 aromatic rings. The monoisotopic (exact) mass is 323 g/mol. The lowest BCUT2D eigenvalue weighted by Gasteiger charge is -2.17. The standard InChI is InChI=1S/C13H14BrN3O2/c1-7-11(8(2)17-16-7)12(13(18)19)15-10-6-4-3-5-9(10)14/h3-6,12,15H,1-2H3,(H,16,17)(H,18,19). The Morgan fingerprint density at radius 2 is 2.11 bits per heavy atom. The second-order valence-corrected chi connectivity index (χ2v) is 5.10. The molecule has 1 aromatic heterocycles. The third-order valence-corrected chi connectivity index (χ3v) is 3.59. The summed E-state index contributed by atoms with van der Waals surface area (Å²) in [5.74, 6) is -0.941. The molecule has 100 valence electrons. The van der Waals surface area contributed by atoms with Crippen LogP contribution >= 0.6 is 15.9 Å². The van der Waals surface area contributed by atoms with Crippen LogP contribution in [0.25, 0.3) is 0 Å². The first-order valence-corrected chi connectivity index (χ1v) is 6.55. The van der Waals surface area contributed by atoms with E-state index in [4.69, 9.17) is 0 Å². The number of anilines is 1. The van der Waals surface area contributed by atoms with Gasteiger partial charge in [-0.25, -0.2) is 4.79 Å². The van der Waals surface area contributed by atoms with Crippen molar-refractivity contribution in [2.75, 3.05) is 5.32 Å². The minimum atomic E-state index is -0.941. The molecule has 19 heavy (non-hydrogen) atoms. The van der Waals surface area contributed by atoms with Crippen LogP contribution in [0, 0.1) is 13.8 Å². The number of aromatic nitrogens is 2. The highest BCUT2D eigenvalue weighted by atomic mass is 79.9. The molecular formula is C13H14BrN3O2. The van der Waals surface area contributed by atoms with Gasteiger partial charge in [-0.05, 0) is 41.9 Å². The number of aryl methyl sites for hydroxylation is 2. The third kappa shape index (κ3) is 2.78. The van der Waals surface area contributed by atoms with E-state index in [1.54, 1.807) is 6.92 Å². The Balaban J connectivity index is 2.38. The summed E-state index contributed by atoms with van der Waals surface area (Å²) in [6.45, 7) is 3.60. The molecule has 0 bridgehead atoms. The second-order valence-electron chi connectivity index (χ2n) is 4.24. The zero-order valence-corrected chi connectivity index (χ0v) is 12.2. The van der Waals surface area contributed by atoms with Crippen molar-refractivity contribution in [2.45, 2.75) is 19.9 Å². The molecule has 0 saturated carbocycles. The highest BCUT2D eigenvalue weighted by molar-refractivity contribution is 9.10. The highest BCUT2D eigenvalue weighted by Gasteiger charge is 2.25. The summed E-state index contributed by atoms with van der Waals surface area (Å²) in [5, 5.41) is 19.3. The quantitative estimate of drug-likeness (QED) is 0.808. The van der Waals surface area contributed by atoms with E-state index in [1.807, 2.05) is 31.2 Å². The smallest absolute Gasteiger partial charge is 0.330 e. The van der Waals surface area contributed by atoms with Crippen LogP contribution in [0.3, 0.4) is 0 Å². The van der Waals surface area contributed by atoms with Gasteiger partial charge in [0.05, 0.1) is 5.69 Å². The first kappa shape index (κ1) is 13.6. The normalized spacial score (nSPS) is 12.2. The van der Waals surface area contributed by atoms with Gasteiger partial charge in [0.25, 0.3) is 0 Å². The molecular weight excluding hydrogens is 310 g/mol. The number of rotatable bonds is 4. The zero-order valence-electron chi connectivity index (χ0n) is 10.6. The predicted octanol–water partition coefficient (Wildman–Crippen LogP) is 3.03. The topological polar surface area (TPSA) is 78.0 Å². The average Bonchev–Trinajstić information content (AvgIpc) is 2.68. The van der Waals surface area contributed by atoms with E-state index < -0.39 is 12.0 Å². The van der Waals surface area contributed by atoms with Crippen molar-refractivity contribution in [3.8, 4) is 0 Å². The van der Waals surface area contributed by atoms with Gasteiger partial charge in [-0.15, -0.1) is 0 Å². The van der Waals surface area contributed by atoms with Crippen molar-refractivity contribution in [3.05, 3.63) is 45.7 Å². The van der Waals surface area contributed by atoms with Crippen LogP contribution in [0.2, 0.25) is 0 Å². The van der Waals surface area contributed by atoms with Crippen molar-refractivity contribution in [1.82, 2.24) is 10.2 Å². The number of benzene rings is 1. The second kappa shape index (κ2) is 5.44. The van der Waals surface area contributed by atoms with Crippen LogP contribution in [-0.4, -0.2) is 21.3 Å². The lowest BCUT2D eigenvalue weighted by atomic mass is 10.0. The largest absolute Gasteiger partial charge is 0.479 e. The summed E-state index contributed by atoms with van der Waals surface area (Å²) < 4.78 is 0.819. The van der Waals surface area contributed by atoms with Crippen LogP contribution in [0.4, 0.5) is 5.69 Å². The van der Waals surface area contributed by atoms with Crippen LogP contribution in [0.1, 0.15) is 23.0 Å². The third-order valence-electron chi connectivity index (χ3n) is 2.89. The van der Waals surface area contributed by atoms with Crippen LogP contribution in [0.15, 0.2) is 28.7 Å². The highest BCUT2D eigenvalue weighted by Crippen LogP contribution is 2.28. The average molecular weight is 324 g/mol. The summed E-state index contributed by atoms with van der Waals surface area (Å²) in [6, 6.07) is 6.57. The van der Waals surface area contributed by atoms with E-state index in [-0.39, 0.29) is 0 Å². The molecule has 1 atom stereocenters. The molecule has 0 spiro atoms. The maximum absolute atomic E-state index is 11.5. The molecule has 1 unspecified atom stereocenters. The van der Waals surface area contributed by atoms with Crippen LogP contribution < -0.4 is 5.32 Å². The van der Waals surface area contributed by atoms with E-state index in [9.17, 15) is 9.90 Å². The van der Waals surface area contributed by atoms with Crippen molar-refractivity contribution in [1.29, 1.82) is 0 Å². The van der Waals surface area contributed by atoms with E-state index in [2.05, 4.69) is 31.4 Å². The van der Waals surface area contributed by atoms with Gasteiger partial charge >= 0.3 is 5.97 Å². The fourth-order valence-corrected chi connectivity index (χ4v) is 2.38. The molecule has 0 saturated heterocycles. The Kier molecular flexibility index (Phi) is 3.90. The maximum Gasteiger partial charge on any atom is 0.330 e. The van der Waals surface area contributed by atoms with Gasteiger partial charge in [0.2, 0.25) is 0 Å². The Morgan fingerprint density at radius 3 is 2.63 bits per heavy atom. The van der Waals surface area contributed by atoms with E-state index >= 15 is 0 Å². The molecule has 0 aliphatic rings. The lowest BCUT2D eigenvalue weighted by molar-refractivity contribution is -0.138. The summed E-state index contributed by atoms with van der Waals surface area (Å²) in [4.78, 5) is 11.5. The van der Waals surface area contributed by atoms with Crippen LogP contribution in [-0.2, 0) is 4.79 Å². The predicted molar refractivity (Wildman–Crippen MR) is 76.2 cm³/mol. The molecule has 2 rings (SSSR count). The molecule has 0 radical (unpaired) electrons. The molecule has 1 heterocycles. The summed E-state index contributed by atoms with van der Waals surface area (Å²) in [5.41, 5.74) is 2.84. The number of halogens is 1. The molecule has 5 nitrogen and oxygen atoms in total. The SMILES string of the molecule is Cc1n[nH]c(C)c1C(Nc1ccccc1Br)C(=O)O. The number of hydrogen-bond donors (Lipinski definition) is 3. The number of carboxylic acid groups (broad SMARTS) is 1. The Hall–Kier alpha value is -1.82. The number of H-pyrrole nitrogens is 1. The van der Waals surface area contributed by atoms with Gasteiger partial charge in [0.1, 0.15) is 0 Å². The molecule has 1 aromatic carbocycles. The molecule has 0 aliphatic heterocycles. The maximum atomic E-state index is 11.5. The number of nitrogens with one attached hydrogen (secondary N) is 2. The fourth-order valence-electron chi connectivity index (χ4n) is 1.98. The molecule has 6 heteroatoms. The zero-order chi connectivity index (χ0) is 14.0. The summed E-state index contributed by atoms with van der Waals surface area (Å²) in [7, 11) is 0. The minimum Gasteiger partial charge on any atom is -0.479 e. The summed E-state index contributed by atoms with van der Waals surface area (Å²) in [6.07, 6.45) is 0. The summed E-state index contributed by atoms with van der Waals surface area (Å²) >= 11 is 3.40. The van der Waals surface area contributed by atoms with Gasteiger partial charge in [0, 0.05) is 21.4 Å². The number of nitrogens with zero attached hydrogens (tertiary/aromatic N) is 1. The Labute approximate surface area is 119 Å². The van der Waals surface area contributed by atoms with Crippen molar-refractivity contribution < 1.29 is 9.90 Å². The molecule has 0 amide bonds. The van der Waals surface area contributed by atoms with E-state index in [1.165, 1.54) is 0 Å². The van der Waals surface area contributed by atoms with E-state index in [0.717, 1.165) is 15.9 Å². The number of hydrogen-bond acceptors (Lipinski definition) is 3. The van der Waals surface area contributed by atoms with E-state index in [0.29, 0.717) is 11.3 Å². The van der Waals surface area contributed by atoms with Gasteiger partial charge in [-0.1, -0.05) is 12.1 Å². The van der Waals surface area contributed by atoms with Gasteiger partial charge < -0.3 is 10.4 Å². The molecule has 3 N–H and O–H groups in total. The van der Waals surface area contributed by atoms with Gasteiger partial charge in [-0.3, -0.25) is 5.10 Å². The van der Waals surface area contributed by atoms with Crippen molar-refractivity contribution in [2.24, 2.45) is 0 Å². The van der Waals surface area contributed by atoms with Crippen molar-refractivity contribution >= 4 is 27.6 Å². The molecule has 0 aliphatic carbocycles. The fraction of sp³-hybridized carbons (Fsp3) is 0.231. The number of carbonyl (C=O) groups is 1. The minimum absolute atomic E-state index is 0.670.